The molecule has 0 fully saturated rings. The van der Waals surface area contributed by atoms with Crippen molar-refractivity contribution in [1.82, 2.24) is 15.0 Å². The quantitative estimate of drug-likeness (QED) is 0.466. The number of primary amides is 1. The summed E-state index contributed by atoms with van der Waals surface area (Å²) in [7, 11) is 1.85. The molecule has 28 heavy (non-hydrogen) atoms. The summed E-state index contributed by atoms with van der Waals surface area (Å²) in [6, 6.07) is 14.0. The molecule has 1 amide bonds. The number of amides is 1. The third-order valence-electron chi connectivity index (χ3n) is 4.52. The fourth-order valence-corrected chi connectivity index (χ4v) is 3.14. The zero-order valence-corrected chi connectivity index (χ0v) is 15.3. The molecule has 0 unspecified atom stereocenters. The largest absolute Gasteiger partial charge is 0.373 e. The number of hydrogen-bond donors (Lipinski definition) is 3. The van der Waals surface area contributed by atoms with E-state index in [0.29, 0.717) is 0 Å². The lowest BCUT2D eigenvalue weighted by Crippen LogP contribution is -2.05. The van der Waals surface area contributed by atoms with E-state index in [2.05, 4.69) is 26.3 Å². The van der Waals surface area contributed by atoms with Crippen molar-refractivity contribution in [3.63, 3.8) is 0 Å². The number of aromatic nitrogens is 3. The number of nitrogens with two attached hydrogens (primary N) is 1. The number of carbonyl (C=O) groups is 1. The van der Waals surface area contributed by atoms with Gasteiger partial charge in [0.25, 0.3) is 0 Å². The number of nitrogens with one attached hydrogen (secondary N) is 2. The number of hydrogen-bond acceptors (Lipinski definition) is 4. The third-order valence-corrected chi connectivity index (χ3v) is 4.52. The number of benzene rings is 1. The summed E-state index contributed by atoms with van der Waals surface area (Å²) in [6.45, 7) is 0. The molecule has 0 aliphatic carbocycles. The minimum absolute atomic E-state index is 0.469. The summed E-state index contributed by atoms with van der Waals surface area (Å²) in [5.74, 6) is 0.341. The van der Waals surface area contributed by atoms with Crippen LogP contribution in [0.2, 0.25) is 0 Å². The fourth-order valence-electron chi connectivity index (χ4n) is 3.14. The predicted octanol–water partition coefficient (Wildman–Crippen LogP) is 3.83. The Bertz CT molecular complexity index is 1190. The first kappa shape index (κ1) is 17.5. The highest BCUT2D eigenvalue weighted by atomic mass is 16.1. The van der Waals surface area contributed by atoms with Crippen LogP contribution >= 0.6 is 0 Å². The molecule has 4 N–H and O–H groups in total. The second kappa shape index (κ2) is 7.36. The second-order valence-electron chi connectivity index (χ2n) is 6.36. The Morgan fingerprint density at radius 2 is 2.00 bits per heavy atom. The van der Waals surface area contributed by atoms with Gasteiger partial charge in [-0.25, -0.2) is 9.97 Å². The zero-order chi connectivity index (χ0) is 19.5. The van der Waals surface area contributed by atoms with Gasteiger partial charge in [0, 0.05) is 48.2 Å². The molecule has 0 saturated heterocycles. The minimum atomic E-state index is -0.469. The van der Waals surface area contributed by atoms with Crippen molar-refractivity contribution in [2.24, 2.45) is 5.73 Å². The summed E-state index contributed by atoms with van der Waals surface area (Å²) >= 11 is 0. The van der Waals surface area contributed by atoms with Crippen LogP contribution in [-0.4, -0.2) is 27.9 Å². The highest BCUT2D eigenvalue weighted by molar-refractivity contribution is 5.96. The van der Waals surface area contributed by atoms with E-state index in [1.807, 2.05) is 55.8 Å². The van der Waals surface area contributed by atoms with Gasteiger partial charge < -0.3 is 16.0 Å². The molecule has 0 bridgehead atoms. The topological polar surface area (TPSA) is 96.7 Å². The van der Waals surface area contributed by atoms with Gasteiger partial charge >= 0.3 is 0 Å². The van der Waals surface area contributed by atoms with Crippen LogP contribution in [0.5, 0.6) is 0 Å². The first-order chi connectivity index (χ1) is 13.6. The van der Waals surface area contributed by atoms with E-state index in [9.17, 15) is 4.79 Å². The Kier molecular flexibility index (Phi) is 4.60. The fraction of sp³-hybridized carbons (Fsp3) is 0.0455. The molecular weight excluding hydrogens is 350 g/mol. The number of aromatic amines is 1. The number of rotatable bonds is 5. The number of carbonyl (C=O) groups excluding carboxylic acids is 1. The number of nitrogens with zero attached hydrogens (tertiary/aromatic N) is 2. The molecule has 3 aromatic heterocycles. The Morgan fingerprint density at radius 1 is 1.11 bits per heavy atom. The van der Waals surface area contributed by atoms with Gasteiger partial charge in [-0.05, 0) is 47.0 Å². The smallest absolute Gasteiger partial charge is 0.241 e. The summed E-state index contributed by atoms with van der Waals surface area (Å²) in [6.07, 6.45) is 8.64. The standard InChI is InChI=1S/C22H19N5O/c1-24-21-11-16(7-8-25-21)19-13-27-22-18(19)10-17(12-26-22)15-4-2-3-14(9-15)5-6-20(23)28/h2-13H,1H3,(H2,23,28)(H,24,25)(H,26,27). The van der Waals surface area contributed by atoms with E-state index in [1.54, 1.807) is 12.3 Å². The summed E-state index contributed by atoms with van der Waals surface area (Å²) in [4.78, 5) is 23.1. The van der Waals surface area contributed by atoms with Gasteiger partial charge in [0.15, 0.2) is 0 Å². The van der Waals surface area contributed by atoms with Crippen molar-refractivity contribution < 1.29 is 4.79 Å². The maximum atomic E-state index is 11.0. The van der Waals surface area contributed by atoms with Crippen LogP contribution in [0.15, 0.2) is 67.1 Å². The normalized spacial score (nSPS) is 11.2. The van der Waals surface area contributed by atoms with Gasteiger partial charge in [-0.3, -0.25) is 4.79 Å². The minimum Gasteiger partial charge on any atom is -0.373 e. The van der Waals surface area contributed by atoms with E-state index in [0.717, 1.165) is 44.7 Å². The van der Waals surface area contributed by atoms with Crippen molar-refractivity contribution in [3.8, 4) is 22.3 Å². The Labute approximate surface area is 162 Å². The predicted molar refractivity (Wildman–Crippen MR) is 113 cm³/mol. The van der Waals surface area contributed by atoms with Crippen molar-refractivity contribution in [2.75, 3.05) is 12.4 Å². The van der Waals surface area contributed by atoms with Gasteiger partial charge in [-0.2, -0.15) is 0 Å². The molecule has 4 rings (SSSR count). The molecule has 138 valence electrons. The lowest BCUT2D eigenvalue weighted by atomic mass is 10.0. The number of H-pyrrole nitrogens is 1. The van der Waals surface area contributed by atoms with Crippen LogP contribution in [0.4, 0.5) is 5.82 Å². The number of fused-ring (bicyclic) bond motifs is 1. The van der Waals surface area contributed by atoms with Gasteiger partial charge in [0.2, 0.25) is 5.91 Å². The molecule has 0 radical (unpaired) electrons. The monoisotopic (exact) mass is 369 g/mol. The highest BCUT2D eigenvalue weighted by Crippen LogP contribution is 2.31. The highest BCUT2D eigenvalue weighted by Gasteiger charge is 2.10. The van der Waals surface area contributed by atoms with Crippen molar-refractivity contribution in [3.05, 3.63) is 72.7 Å². The number of anilines is 1. The van der Waals surface area contributed by atoms with Crippen LogP contribution in [0, 0.1) is 0 Å². The molecule has 0 aliphatic heterocycles. The maximum absolute atomic E-state index is 11.0. The van der Waals surface area contributed by atoms with Gasteiger partial charge in [-0.1, -0.05) is 18.2 Å². The molecule has 3 heterocycles. The van der Waals surface area contributed by atoms with Crippen LogP contribution in [0.3, 0.4) is 0 Å². The average molecular weight is 369 g/mol. The van der Waals surface area contributed by atoms with Crippen LogP contribution in [0.25, 0.3) is 39.4 Å². The first-order valence-corrected chi connectivity index (χ1v) is 8.83. The molecule has 0 aliphatic rings. The molecule has 0 saturated carbocycles. The van der Waals surface area contributed by atoms with Crippen LogP contribution in [-0.2, 0) is 4.79 Å². The van der Waals surface area contributed by atoms with Gasteiger partial charge in [-0.15, -0.1) is 0 Å². The molecule has 6 nitrogen and oxygen atoms in total. The third kappa shape index (κ3) is 3.48. The van der Waals surface area contributed by atoms with E-state index in [4.69, 9.17) is 5.73 Å². The Balaban J connectivity index is 1.78. The van der Waals surface area contributed by atoms with E-state index < -0.39 is 5.91 Å². The van der Waals surface area contributed by atoms with E-state index in [1.165, 1.54) is 6.08 Å². The SMILES string of the molecule is CNc1cc(-c2c[nH]c3ncc(-c4cccc(C=CC(N)=O)c4)cc23)ccn1. The summed E-state index contributed by atoms with van der Waals surface area (Å²) in [5, 5.41) is 4.10. The van der Waals surface area contributed by atoms with Gasteiger partial charge in [0.1, 0.15) is 11.5 Å². The summed E-state index contributed by atoms with van der Waals surface area (Å²) < 4.78 is 0. The van der Waals surface area contributed by atoms with Crippen molar-refractivity contribution in [2.45, 2.75) is 0 Å². The Hall–Kier alpha value is -3.93. The Morgan fingerprint density at radius 3 is 2.82 bits per heavy atom. The lowest BCUT2D eigenvalue weighted by Gasteiger charge is -2.06. The second-order valence-corrected chi connectivity index (χ2v) is 6.36. The summed E-state index contributed by atoms with van der Waals surface area (Å²) in [5.41, 5.74) is 11.0. The van der Waals surface area contributed by atoms with Crippen molar-refractivity contribution in [1.29, 1.82) is 0 Å². The lowest BCUT2D eigenvalue weighted by molar-refractivity contribution is -0.113. The molecule has 1 aromatic carbocycles. The molecule has 0 atom stereocenters. The molecule has 4 aromatic rings. The van der Waals surface area contributed by atoms with Crippen LogP contribution < -0.4 is 11.1 Å². The molecule has 6 heteroatoms. The number of pyridine rings is 2. The van der Waals surface area contributed by atoms with Gasteiger partial charge in [0.05, 0.1) is 0 Å². The molecule has 0 spiro atoms. The average Bonchev–Trinajstić information content (AvgIpc) is 3.16. The first-order valence-electron chi connectivity index (χ1n) is 8.83. The van der Waals surface area contributed by atoms with E-state index >= 15 is 0 Å². The van der Waals surface area contributed by atoms with Crippen LogP contribution in [0.1, 0.15) is 5.56 Å². The van der Waals surface area contributed by atoms with E-state index in [-0.39, 0.29) is 0 Å². The zero-order valence-electron chi connectivity index (χ0n) is 15.3. The maximum Gasteiger partial charge on any atom is 0.241 e. The molecular formula is C22H19N5O. The van der Waals surface area contributed by atoms with Crippen molar-refractivity contribution >= 4 is 28.8 Å².